The molecule has 1 aliphatic rings. The largest absolute Gasteiger partial charge is 0.322 e. The summed E-state index contributed by atoms with van der Waals surface area (Å²) in [7, 11) is 0. The third-order valence-electron chi connectivity index (χ3n) is 4.01. The Labute approximate surface area is 138 Å². The van der Waals surface area contributed by atoms with Crippen LogP contribution in [0, 0.1) is 0 Å². The summed E-state index contributed by atoms with van der Waals surface area (Å²) in [4.78, 5) is 13.5. The number of H-pyrrole nitrogens is 1. The Balaban J connectivity index is 1.63. The van der Waals surface area contributed by atoms with Crippen LogP contribution in [-0.4, -0.2) is 16.1 Å². The molecule has 0 unspecified atom stereocenters. The maximum absolute atomic E-state index is 12.4. The molecule has 2 N–H and O–H groups in total. The van der Waals surface area contributed by atoms with E-state index >= 15 is 0 Å². The maximum atomic E-state index is 12.4. The zero-order valence-electron chi connectivity index (χ0n) is 12.6. The normalized spacial score (nSPS) is 13.9. The van der Waals surface area contributed by atoms with E-state index in [0.717, 1.165) is 40.4 Å². The summed E-state index contributed by atoms with van der Waals surface area (Å²) in [6, 6.07) is 13.9. The SMILES string of the molecule is O=C(Cc1cccs1)Nc1c(-c2ccccc2)n[nH]c1C1CC1. The zero-order chi connectivity index (χ0) is 15.6. The van der Waals surface area contributed by atoms with Crippen LogP contribution < -0.4 is 5.32 Å². The Morgan fingerprint density at radius 2 is 2.04 bits per heavy atom. The molecule has 1 fully saturated rings. The molecule has 116 valence electrons. The van der Waals surface area contributed by atoms with Crippen LogP contribution in [0.4, 0.5) is 5.69 Å². The van der Waals surface area contributed by atoms with Crippen molar-refractivity contribution in [1.82, 2.24) is 10.2 Å². The van der Waals surface area contributed by atoms with Crippen LogP contribution in [-0.2, 0) is 11.2 Å². The Hall–Kier alpha value is -2.40. The third kappa shape index (κ3) is 3.05. The van der Waals surface area contributed by atoms with E-state index in [2.05, 4.69) is 15.5 Å². The molecule has 0 radical (unpaired) electrons. The van der Waals surface area contributed by atoms with E-state index in [0.29, 0.717) is 12.3 Å². The van der Waals surface area contributed by atoms with Crippen molar-refractivity contribution in [2.24, 2.45) is 0 Å². The van der Waals surface area contributed by atoms with Gasteiger partial charge in [0.15, 0.2) is 0 Å². The number of anilines is 1. The predicted molar refractivity (Wildman–Crippen MR) is 92.7 cm³/mol. The van der Waals surface area contributed by atoms with Crippen LogP contribution in [0.25, 0.3) is 11.3 Å². The van der Waals surface area contributed by atoms with Gasteiger partial charge in [-0.05, 0) is 24.3 Å². The summed E-state index contributed by atoms with van der Waals surface area (Å²) < 4.78 is 0. The number of hydrogen-bond acceptors (Lipinski definition) is 3. The van der Waals surface area contributed by atoms with Gasteiger partial charge in [0.1, 0.15) is 5.69 Å². The summed E-state index contributed by atoms with van der Waals surface area (Å²) in [5.41, 5.74) is 3.75. The number of benzene rings is 1. The van der Waals surface area contributed by atoms with Gasteiger partial charge in [0.05, 0.1) is 17.8 Å². The summed E-state index contributed by atoms with van der Waals surface area (Å²) in [5, 5.41) is 12.7. The van der Waals surface area contributed by atoms with E-state index < -0.39 is 0 Å². The molecule has 23 heavy (non-hydrogen) atoms. The Bertz CT molecular complexity index is 804. The number of rotatable bonds is 5. The summed E-state index contributed by atoms with van der Waals surface area (Å²) in [6.07, 6.45) is 2.72. The second-order valence-electron chi connectivity index (χ2n) is 5.81. The van der Waals surface area contributed by atoms with Gasteiger partial charge in [-0.25, -0.2) is 0 Å². The fraction of sp³-hybridized carbons (Fsp3) is 0.222. The van der Waals surface area contributed by atoms with Gasteiger partial charge in [-0.3, -0.25) is 9.89 Å². The quantitative estimate of drug-likeness (QED) is 0.739. The van der Waals surface area contributed by atoms with Crippen molar-refractivity contribution in [3.05, 3.63) is 58.4 Å². The topological polar surface area (TPSA) is 57.8 Å². The first-order chi connectivity index (χ1) is 11.3. The Morgan fingerprint density at radius 1 is 1.22 bits per heavy atom. The molecule has 2 heterocycles. The lowest BCUT2D eigenvalue weighted by molar-refractivity contribution is -0.115. The van der Waals surface area contributed by atoms with Crippen LogP contribution in [0.5, 0.6) is 0 Å². The van der Waals surface area contributed by atoms with Crippen LogP contribution in [0.15, 0.2) is 47.8 Å². The van der Waals surface area contributed by atoms with Gasteiger partial charge < -0.3 is 5.32 Å². The standard InChI is InChI=1S/C18H17N3OS/c22-15(11-14-7-4-10-23-14)19-18-16(12-5-2-1-3-6-12)20-21-17(18)13-8-9-13/h1-7,10,13H,8-9,11H2,(H,19,22)(H,20,21). The Kier molecular flexibility index (Phi) is 3.71. The van der Waals surface area contributed by atoms with Crippen molar-refractivity contribution in [2.75, 3.05) is 5.32 Å². The molecule has 4 rings (SSSR count). The molecule has 2 aromatic heterocycles. The molecule has 0 bridgehead atoms. The molecule has 1 aromatic carbocycles. The minimum Gasteiger partial charge on any atom is -0.322 e. The lowest BCUT2D eigenvalue weighted by Crippen LogP contribution is -2.15. The summed E-state index contributed by atoms with van der Waals surface area (Å²) in [5.74, 6) is 0.505. The first kappa shape index (κ1) is 14.2. The minimum absolute atomic E-state index is 0.00734. The molecule has 0 saturated heterocycles. The molecule has 4 nitrogen and oxygen atoms in total. The van der Waals surface area contributed by atoms with Crippen LogP contribution in [0.1, 0.15) is 29.3 Å². The van der Waals surface area contributed by atoms with Gasteiger partial charge in [-0.15, -0.1) is 11.3 Å². The van der Waals surface area contributed by atoms with Crippen molar-refractivity contribution in [2.45, 2.75) is 25.2 Å². The van der Waals surface area contributed by atoms with E-state index in [9.17, 15) is 4.79 Å². The summed E-state index contributed by atoms with van der Waals surface area (Å²) in [6.45, 7) is 0. The maximum Gasteiger partial charge on any atom is 0.229 e. The monoisotopic (exact) mass is 323 g/mol. The van der Waals surface area contributed by atoms with E-state index in [-0.39, 0.29) is 5.91 Å². The highest BCUT2D eigenvalue weighted by atomic mass is 32.1. The van der Waals surface area contributed by atoms with E-state index in [1.54, 1.807) is 11.3 Å². The molecule has 3 aromatic rings. The molecule has 5 heteroatoms. The molecule has 0 spiro atoms. The highest BCUT2D eigenvalue weighted by molar-refractivity contribution is 7.10. The minimum atomic E-state index is 0.00734. The number of amides is 1. The number of carbonyl (C=O) groups excluding carboxylic acids is 1. The highest BCUT2D eigenvalue weighted by Gasteiger charge is 2.30. The highest BCUT2D eigenvalue weighted by Crippen LogP contribution is 2.45. The fourth-order valence-electron chi connectivity index (χ4n) is 2.71. The van der Waals surface area contributed by atoms with Crippen LogP contribution >= 0.6 is 11.3 Å². The number of aromatic nitrogens is 2. The molecule has 1 aliphatic carbocycles. The molecular formula is C18H17N3OS. The first-order valence-corrected chi connectivity index (χ1v) is 8.65. The summed E-state index contributed by atoms with van der Waals surface area (Å²) >= 11 is 1.60. The van der Waals surface area contributed by atoms with E-state index in [4.69, 9.17) is 0 Å². The average molecular weight is 323 g/mol. The van der Waals surface area contributed by atoms with Gasteiger partial charge in [-0.1, -0.05) is 36.4 Å². The van der Waals surface area contributed by atoms with Crippen molar-refractivity contribution in [3.63, 3.8) is 0 Å². The molecule has 0 aliphatic heterocycles. The van der Waals surface area contributed by atoms with Crippen LogP contribution in [0.2, 0.25) is 0 Å². The first-order valence-electron chi connectivity index (χ1n) is 7.77. The van der Waals surface area contributed by atoms with Crippen molar-refractivity contribution in [1.29, 1.82) is 0 Å². The predicted octanol–water partition coefficient (Wildman–Crippen LogP) is 4.20. The van der Waals surface area contributed by atoms with Crippen molar-refractivity contribution < 1.29 is 4.79 Å². The lowest BCUT2D eigenvalue weighted by Gasteiger charge is -2.08. The van der Waals surface area contributed by atoms with E-state index in [1.807, 2.05) is 47.8 Å². The number of nitrogens with zero attached hydrogens (tertiary/aromatic N) is 1. The third-order valence-corrected chi connectivity index (χ3v) is 4.88. The fourth-order valence-corrected chi connectivity index (χ4v) is 3.41. The lowest BCUT2D eigenvalue weighted by atomic mass is 10.1. The van der Waals surface area contributed by atoms with Crippen molar-refractivity contribution in [3.8, 4) is 11.3 Å². The van der Waals surface area contributed by atoms with Gasteiger partial charge in [0.25, 0.3) is 0 Å². The van der Waals surface area contributed by atoms with Gasteiger partial charge >= 0.3 is 0 Å². The average Bonchev–Trinajstić information content (AvgIpc) is 3.12. The number of hydrogen-bond donors (Lipinski definition) is 2. The van der Waals surface area contributed by atoms with Gasteiger partial charge in [-0.2, -0.15) is 5.10 Å². The number of carbonyl (C=O) groups is 1. The second kappa shape index (κ2) is 6.01. The van der Waals surface area contributed by atoms with Gasteiger partial charge in [0, 0.05) is 16.4 Å². The number of nitrogens with one attached hydrogen (secondary N) is 2. The molecular weight excluding hydrogens is 306 g/mol. The zero-order valence-corrected chi connectivity index (χ0v) is 13.4. The smallest absolute Gasteiger partial charge is 0.229 e. The Morgan fingerprint density at radius 3 is 2.74 bits per heavy atom. The van der Waals surface area contributed by atoms with Gasteiger partial charge in [0.2, 0.25) is 5.91 Å². The van der Waals surface area contributed by atoms with Crippen LogP contribution in [0.3, 0.4) is 0 Å². The molecule has 1 amide bonds. The van der Waals surface area contributed by atoms with E-state index in [1.165, 1.54) is 0 Å². The molecule has 1 saturated carbocycles. The number of thiophene rings is 1. The second-order valence-corrected chi connectivity index (χ2v) is 6.84. The number of aromatic amines is 1. The van der Waals surface area contributed by atoms with Crippen molar-refractivity contribution >= 4 is 22.9 Å². The molecule has 0 atom stereocenters.